The number of nitrogens with zero attached hydrogens (tertiary/aromatic N) is 3. The maximum atomic E-state index is 13.4. The molecule has 0 aliphatic heterocycles. The molecular formula is C21H21N3O4S. The number of aromatic nitrogens is 1. The molecule has 0 N–H and O–H groups in total. The third-order valence-corrected chi connectivity index (χ3v) is 6.54. The third-order valence-electron chi connectivity index (χ3n) is 4.56. The zero-order valence-electron chi connectivity index (χ0n) is 15.9. The van der Waals surface area contributed by atoms with Gasteiger partial charge in [0.25, 0.3) is 5.69 Å². The second-order valence-electron chi connectivity index (χ2n) is 6.60. The van der Waals surface area contributed by atoms with E-state index < -0.39 is 14.9 Å². The third kappa shape index (κ3) is 5.04. The second kappa shape index (κ2) is 8.93. The van der Waals surface area contributed by atoms with E-state index in [-0.39, 0.29) is 23.7 Å². The van der Waals surface area contributed by atoms with E-state index in [4.69, 9.17) is 0 Å². The molecule has 0 unspecified atom stereocenters. The molecule has 1 heterocycles. The van der Waals surface area contributed by atoms with Crippen molar-refractivity contribution in [2.45, 2.75) is 24.8 Å². The predicted molar refractivity (Wildman–Crippen MR) is 110 cm³/mol. The van der Waals surface area contributed by atoms with Crippen LogP contribution in [-0.4, -0.2) is 29.2 Å². The van der Waals surface area contributed by atoms with Gasteiger partial charge in [0, 0.05) is 24.9 Å². The molecule has 1 aromatic heterocycles. The Balaban J connectivity index is 1.97. The topological polar surface area (TPSA) is 93.4 Å². The first-order valence-electron chi connectivity index (χ1n) is 9.07. The SMILES string of the molecule is Cc1ccc([N+](=O)[O-])cc1S(=O)(=O)N(CCc1ccccc1)Cc1ccccn1. The van der Waals surface area contributed by atoms with Crippen molar-refractivity contribution in [2.75, 3.05) is 6.54 Å². The molecule has 0 saturated carbocycles. The van der Waals surface area contributed by atoms with Crippen LogP contribution in [0.25, 0.3) is 0 Å². The lowest BCUT2D eigenvalue weighted by Crippen LogP contribution is -2.33. The highest BCUT2D eigenvalue weighted by Crippen LogP contribution is 2.26. The van der Waals surface area contributed by atoms with Gasteiger partial charge in [-0.1, -0.05) is 42.5 Å². The molecule has 0 fully saturated rings. The quantitative estimate of drug-likeness (QED) is 0.416. The van der Waals surface area contributed by atoms with Crippen LogP contribution in [0.15, 0.2) is 77.8 Å². The summed E-state index contributed by atoms with van der Waals surface area (Å²) in [5.74, 6) is 0. The van der Waals surface area contributed by atoms with Crippen LogP contribution >= 0.6 is 0 Å². The van der Waals surface area contributed by atoms with E-state index in [0.29, 0.717) is 17.7 Å². The van der Waals surface area contributed by atoms with Gasteiger partial charge in [-0.15, -0.1) is 0 Å². The lowest BCUT2D eigenvalue weighted by molar-refractivity contribution is -0.385. The molecular weight excluding hydrogens is 390 g/mol. The number of nitro groups is 1. The van der Waals surface area contributed by atoms with E-state index in [1.54, 1.807) is 31.3 Å². The van der Waals surface area contributed by atoms with Crippen LogP contribution in [0, 0.1) is 17.0 Å². The Bertz CT molecular complexity index is 1090. The number of hydrogen-bond donors (Lipinski definition) is 0. The number of hydrogen-bond acceptors (Lipinski definition) is 5. The molecule has 150 valence electrons. The fourth-order valence-electron chi connectivity index (χ4n) is 2.97. The van der Waals surface area contributed by atoms with Crippen molar-refractivity contribution in [3.8, 4) is 0 Å². The van der Waals surface area contributed by atoms with Gasteiger partial charge < -0.3 is 0 Å². The largest absolute Gasteiger partial charge is 0.270 e. The number of non-ortho nitro benzene ring substituents is 1. The molecule has 7 nitrogen and oxygen atoms in total. The zero-order valence-corrected chi connectivity index (χ0v) is 16.7. The number of benzene rings is 2. The molecule has 29 heavy (non-hydrogen) atoms. The molecule has 0 spiro atoms. The van der Waals surface area contributed by atoms with Crippen LogP contribution in [0.5, 0.6) is 0 Å². The molecule has 0 amide bonds. The molecule has 3 aromatic rings. The first-order valence-corrected chi connectivity index (χ1v) is 10.5. The number of pyridine rings is 1. The smallest absolute Gasteiger partial charge is 0.260 e. The van der Waals surface area contributed by atoms with Gasteiger partial charge in [-0.3, -0.25) is 15.1 Å². The molecule has 0 atom stereocenters. The Morgan fingerprint density at radius 1 is 1.03 bits per heavy atom. The lowest BCUT2D eigenvalue weighted by atomic mass is 10.1. The molecule has 0 radical (unpaired) electrons. The first-order chi connectivity index (χ1) is 13.9. The Labute approximate surface area is 169 Å². The Morgan fingerprint density at radius 3 is 2.41 bits per heavy atom. The predicted octanol–water partition coefficient (Wildman–Crippen LogP) is 3.73. The van der Waals surface area contributed by atoms with Crippen LogP contribution in [0.2, 0.25) is 0 Å². The number of nitro benzene ring substituents is 1. The highest BCUT2D eigenvalue weighted by atomic mass is 32.2. The summed E-state index contributed by atoms with van der Waals surface area (Å²) >= 11 is 0. The van der Waals surface area contributed by atoms with Crippen molar-refractivity contribution in [1.82, 2.24) is 9.29 Å². The average Bonchev–Trinajstić information content (AvgIpc) is 2.72. The highest BCUT2D eigenvalue weighted by molar-refractivity contribution is 7.89. The normalized spacial score (nSPS) is 11.5. The van der Waals surface area contributed by atoms with Crippen molar-refractivity contribution >= 4 is 15.7 Å². The molecule has 8 heteroatoms. The minimum Gasteiger partial charge on any atom is -0.260 e. The standard InChI is InChI=1S/C21H21N3O4S/c1-17-10-11-20(24(25)26)15-21(17)29(27,28)23(16-19-9-5-6-13-22-19)14-12-18-7-3-2-4-8-18/h2-11,13,15H,12,14,16H2,1H3. The van der Waals surface area contributed by atoms with E-state index in [9.17, 15) is 18.5 Å². The van der Waals surface area contributed by atoms with Crippen LogP contribution in [0.3, 0.4) is 0 Å². The van der Waals surface area contributed by atoms with Crippen molar-refractivity contribution in [3.05, 3.63) is 99.9 Å². The van der Waals surface area contributed by atoms with E-state index in [1.165, 1.54) is 16.4 Å². The van der Waals surface area contributed by atoms with Crippen LogP contribution in [0.4, 0.5) is 5.69 Å². The van der Waals surface area contributed by atoms with Crippen molar-refractivity contribution in [3.63, 3.8) is 0 Å². The highest BCUT2D eigenvalue weighted by Gasteiger charge is 2.28. The summed E-state index contributed by atoms with van der Waals surface area (Å²) in [6.45, 7) is 1.94. The second-order valence-corrected chi connectivity index (χ2v) is 8.51. The van der Waals surface area contributed by atoms with Gasteiger partial charge >= 0.3 is 0 Å². The summed E-state index contributed by atoms with van der Waals surface area (Å²) in [5, 5.41) is 11.2. The van der Waals surface area contributed by atoms with Gasteiger partial charge in [-0.05, 0) is 36.6 Å². The van der Waals surface area contributed by atoms with Gasteiger partial charge in [-0.25, -0.2) is 8.42 Å². The minimum atomic E-state index is -3.97. The summed E-state index contributed by atoms with van der Waals surface area (Å²) in [4.78, 5) is 14.7. The Hall–Kier alpha value is -3.10. The summed E-state index contributed by atoms with van der Waals surface area (Å²) in [6.07, 6.45) is 2.12. The maximum absolute atomic E-state index is 13.4. The van der Waals surface area contributed by atoms with Crippen LogP contribution in [0.1, 0.15) is 16.8 Å². The van der Waals surface area contributed by atoms with E-state index in [1.807, 2.05) is 30.3 Å². The average molecular weight is 411 g/mol. The molecule has 0 saturated heterocycles. The van der Waals surface area contributed by atoms with Crippen LogP contribution in [-0.2, 0) is 23.0 Å². The lowest BCUT2D eigenvalue weighted by Gasteiger charge is -2.23. The van der Waals surface area contributed by atoms with Crippen molar-refractivity contribution < 1.29 is 13.3 Å². The van der Waals surface area contributed by atoms with Gasteiger partial charge in [-0.2, -0.15) is 4.31 Å². The maximum Gasteiger partial charge on any atom is 0.270 e. The van der Waals surface area contributed by atoms with E-state index >= 15 is 0 Å². The minimum absolute atomic E-state index is 0.0595. The summed E-state index contributed by atoms with van der Waals surface area (Å²) in [5.41, 5.74) is 1.81. The van der Waals surface area contributed by atoms with Gasteiger partial charge in [0.15, 0.2) is 0 Å². The molecule has 3 rings (SSSR count). The van der Waals surface area contributed by atoms with Crippen LogP contribution < -0.4 is 0 Å². The van der Waals surface area contributed by atoms with E-state index in [0.717, 1.165) is 11.6 Å². The van der Waals surface area contributed by atoms with Gasteiger partial charge in [0.1, 0.15) is 0 Å². The van der Waals surface area contributed by atoms with Gasteiger partial charge in [0.05, 0.1) is 22.1 Å². The summed E-state index contributed by atoms with van der Waals surface area (Å²) < 4.78 is 28.2. The fourth-order valence-corrected chi connectivity index (χ4v) is 4.63. The van der Waals surface area contributed by atoms with Crippen molar-refractivity contribution in [2.24, 2.45) is 0 Å². The zero-order chi connectivity index (χ0) is 20.9. The summed E-state index contributed by atoms with van der Waals surface area (Å²) in [6, 6.07) is 18.8. The molecule has 0 aliphatic rings. The molecule has 0 bridgehead atoms. The van der Waals surface area contributed by atoms with E-state index in [2.05, 4.69) is 4.98 Å². The molecule has 0 aliphatic carbocycles. The monoisotopic (exact) mass is 411 g/mol. The Kier molecular flexibility index (Phi) is 6.36. The first kappa shape index (κ1) is 20.6. The molecule has 2 aromatic carbocycles. The fraction of sp³-hybridized carbons (Fsp3) is 0.190. The summed E-state index contributed by atoms with van der Waals surface area (Å²) in [7, 11) is -3.97. The van der Waals surface area contributed by atoms with Gasteiger partial charge in [0.2, 0.25) is 10.0 Å². The number of sulfonamides is 1. The number of rotatable bonds is 8. The Morgan fingerprint density at radius 2 is 1.76 bits per heavy atom. The number of aryl methyl sites for hydroxylation is 1. The van der Waals surface area contributed by atoms with Crippen molar-refractivity contribution in [1.29, 1.82) is 0 Å².